The van der Waals surface area contributed by atoms with E-state index in [-0.39, 0.29) is 6.04 Å². The highest BCUT2D eigenvalue weighted by Crippen LogP contribution is 2.59. The van der Waals surface area contributed by atoms with Crippen molar-refractivity contribution in [3.63, 3.8) is 0 Å². The molecule has 1 aromatic heterocycles. The number of fused-ring (bicyclic) bond motifs is 1. The molecular formula is C17H25N3. The van der Waals surface area contributed by atoms with Crippen molar-refractivity contribution in [3.8, 4) is 0 Å². The number of nitrogens with zero attached hydrogens (tertiary/aromatic N) is 1. The second-order valence-electron chi connectivity index (χ2n) is 7.94. The van der Waals surface area contributed by atoms with Crippen LogP contribution in [0.15, 0.2) is 0 Å². The number of aromatic amines is 1. The lowest BCUT2D eigenvalue weighted by atomic mass is 9.52. The van der Waals surface area contributed by atoms with Crippen LogP contribution in [0.5, 0.6) is 0 Å². The van der Waals surface area contributed by atoms with Gasteiger partial charge in [0.2, 0.25) is 0 Å². The third-order valence-electron chi connectivity index (χ3n) is 6.66. The van der Waals surface area contributed by atoms with E-state index >= 15 is 0 Å². The molecule has 5 aliphatic rings. The fraction of sp³-hybridized carbons (Fsp3) is 0.824. The smallest absolute Gasteiger partial charge is 0.110 e. The van der Waals surface area contributed by atoms with Gasteiger partial charge >= 0.3 is 0 Å². The Hall–Kier alpha value is -0.830. The summed E-state index contributed by atoms with van der Waals surface area (Å²) in [7, 11) is 0. The molecule has 4 bridgehead atoms. The Labute approximate surface area is 120 Å². The highest BCUT2D eigenvalue weighted by molar-refractivity contribution is 5.24. The second-order valence-corrected chi connectivity index (χ2v) is 7.94. The number of nitrogens with two attached hydrogens (primary N) is 1. The molecule has 0 aliphatic heterocycles. The van der Waals surface area contributed by atoms with E-state index < -0.39 is 0 Å². The first-order valence-corrected chi connectivity index (χ1v) is 8.62. The van der Waals surface area contributed by atoms with Gasteiger partial charge in [-0.15, -0.1) is 0 Å². The molecule has 20 heavy (non-hydrogen) atoms. The van der Waals surface area contributed by atoms with Crippen molar-refractivity contribution in [2.24, 2.45) is 29.4 Å². The van der Waals surface area contributed by atoms with Gasteiger partial charge in [0, 0.05) is 17.7 Å². The Morgan fingerprint density at radius 2 is 1.70 bits per heavy atom. The van der Waals surface area contributed by atoms with Gasteiger partial charge in [0.25, 0.3) is 0 Å². The highest BCUT2D eigenvalue weighted by atomic mass is 15.0. The van der Waals surface area contributed by atoms with E-state index in [0.717, 1.165) is 42.4 Å². The fourth-order valence-electron chi connectivity index (χ4n) is 6.11. The molecule has 4 fully saturated rings. The minimum absolute atomic E-state index is 0.181. The van der Waals surface area contributed by atoms with E-state index in [9.17, 15) is 0 Å². The molecule has 6 rings (SSSR count). The highest BCUT2D eigenvalue weighted by Gasteiger charge is 2.49. The minimum Gasteiger partial charge on any atom is -0.345 e. The molecule has 3 heteroatoms. The van der Waals surface area contributed by atoms with Gasteiger partial charge in [-0.3, -0.25) is 0 Å². The summed E-state index contributed by atoms with van der Waals surface area (Å²) in [5.74, 6) is 5.94. The zero-order valence-electron chi connectivity index (χ0n) is 12.1. The van der Waals surface area contributed by atoms with Gasteiger partial charge in [-0.05, 0) is 75.0 Å². The number of H-pyrrole nitrogens is 1. The van der Waals surface area contributed by atoms with E-state index in [0.29, 0.717) is 0 Å². The molecular weight excluding hydrogens is 246 g/mol. The Bertz CT molecular complexity index is 504. The maximum absolute atomic E-state index is 6.25. The van der Waals surface area contributed by atoms with Crippen LogP contribution in [0.2, 0.25) is 0 Å². The summed E-state index contributed by atoms with van der Waals surface area (Å²) in [5, 5.41) is 0. The van der Waals surface area contributed by atoms with Crippen LogP contribution < -0.4 is 5.73 Å². The Morgan fingerprint density at radius 3 is 2.35 bits per heavy atom. The maximum Gasteiger partial charge on any atom is 0.110 e. The number of hydrogen-bond donors (Lipinski definition) is 2. The van der Waals surface area contributed by atoms with Crippen molar-refractivity contribution in [3.05, 3.63) is 17.2 Å². The minimum atomic E-state index is 0.181. The van der Waals surface area contributed by atoms with Crippen LogP contribution >= 0.6 is 0 Å². The summed E-state index contributed by atoms with van der Waals surface area (Å²) >= 11 is 0. The van der Waals surface area contributed by atoms with Crippen molar-refractivity contribution in [2.45, 2.75) is 63.3 Å². The van der Waals surface area contributed by atoms with E-state index in [1.165, 1.54) is 55.7 Å². The van der Waals surface area contributed by atoms with Crippen LogP contribution in [-0.2, 0) is 6.42 Å². The van der Waals surface area contributed by atoms with Gasteiger partial charge in [-0.25, -0.2) is 4.98 Å². The van der Waals surface area contributed by atoms with Gasteiger partial charge in [0.05, 0.1) is 5.69 Å². The largest absolute Gasteiger partial charge is 0.345 e. The van der Waals surface area contributed by atoms with Crippen LogP contribution in [0.4, 0.5) is 0 Å². The normalized spacial score (nSPS) is 45.6. The lowest BCUT2D eigenvalue weighted by molar-refractivity contribution is -0.00544. The van der Waals surface area contributed by atoms with Crippen LogP contribution in [0.25, 0.3) is 0 Å². The Balaban J connectivity index is 1.51. The van der Waals surface area contributed by atoms with Gasteiger partial charge in [-0.2, -0.15) is 0 Å². The van der Waals surface area contributed by atoms with E-state index in [2.05, 4.69) is 4.98 Å². The monoisotopic (exact) mass is 271 g/mol. The van der Waals surface area contributed by atoms with Crippen LogP contribution in [0.3, 0.4) is 0 Å². The zero-order chi connectivity index (χ0) is 13.3. The molecule has 0 radical (unpaired) electrons. The SMILES string of the molecule is NC1CCCc2[nH]c(C3C4CC5CC(C4)CC3C5)nc21. The fourth-order valence-corrected chi connectivity index (χ4v) is 6.11. The van der Waals surface area contributed by atoms with E-state index in [1.807, 2.05) is 0 Å². The molecule has 1 aromatic rings. The van der Waals surface area contributed by atoms with Crippen LogP contribution in [0.1, 0.15) is 74.1 Å². The summed E-state index contributed by atoms with van der Waals surface area (Å²) in [4.78, 5) is 8.70. The average Bonchev–Trinajstić information content (AvgIpc) is 2.82. The molecule has 0 amide bonds. The number of hydrogen-bond acceptors (Lipinski definition) is 2. The molecule has 0 aromatic carbocycles. The molecule has 1 heterocycles. The number of rotatable bonds is 1. The summed E-state index contributed by atoms with van der Waals surface area (Å²) in [6.07, 6.45) is 10.9. The third kappa shape index (κ3) is 1.59. The van der Waals surface area contributed by atoms with Crippen molar-refractivity contribution in [1.29, 1.82) is 0 Å². The molecule has 0 saturated heterocycles. The topological polar surface area (TPSA) is 54.7 Å². The Morgan fingerprint density at radius 1 is 1.00 bits per heavy atom. The molecule has 5 aliphatic carbocycles. The first kappa shape index (κ1) is 11.8. The third-order valence-corrected chi connectivity index (χ3v) is 6.66. The lowest BCUT2D eigenvalue weighted by Crippen LogP contribution is -2.44. The predicted molar refractivity (Wildman–Crippen MR) is 78.2 cm³/mol. The maximum atomic E-state index is 6.25. The summed E-state index contributed by atoms with van der Waals surface area (Å²) in [6.45, 7) is 0. The lowest BCUT2D eigenvalue weighted by Gasteiger charge is -2.53. The number of nitrogens with one attached hydrogen (secondary N) is 1. The first-order chi connectivity index (χ1) is 9.78. The van der Waals surface area contributed by atoms with Gasteiger partial charge in [-0.1, -0.05) is 0 Å². The summed E-state index contributed by atoms with van der Waals surface area (Å²) in [5.41, 5.74) is 8.80. The van der Waals surface area contributed by atoms with E-state index in [1.54, 1.807) is 0 Å². The second kappa shape index (κ2) is 4.09. The number of aryl methyl sites for hydroxylation is 1. The van der Waals surface area contributed by atoms with Gasteiger partial charge in [0.1, 0.15) is 5.82 Å². The molecule has 1 unspecified atom stereocenters. The molecule has 4 saturated carbocycles. The van der Waals surface area contributed by atoms with Crippen molar-refractivity contribution in [1.82, 2.24) is 9.97 Å². The standard InChI is InChI=1S/C17H25N3/c18-13-2-1-3-14-16(13)20-17(19-14)15-11-5-9-4-10(7-11)8-12(15)6-9/h9-13,15H,1-8,18H2,(H,19,20). The van der Waals surface area contributed by atoms with E-state index in [4.69, 9.17) is 10.7 Å². The summed E-state index contributed by atoms with van der Waals surface area (Å²) < 4.78 is 0. The van der Waals surface area contributed by atoms with Crippen LogP contribution in [-0.4, -0.2) is 9.97 Å². The van der Waals surface area contributed by atoms with Gasteiger partial charge in [0.15, 0.2) is 0 Å². The van der Waals surface area contributed by atoms with Crippen molar-refractivity contribution < 1.29 is 0 Å². The average molecular weight is 271 g/mol. The number of imidazole rings is 1. The summed E-state index contributed by atoms with van der Waals surface area (Å²) in [6, 6.07) is 0.181. The van der Waals surface area contributed by atoms with Gasteiger partial charge < -0.3 is 10.7 Å². The molecule has 1 atom stereocenters. The van der Waals surface area contributed by atoms with Crippen molar-refractivity contribution in [2.75, 3.05) is 0 Å². The first-order valence-electron chi connectivity index (χ1n) is 8.62. The molecule has 3 N–H and O–H groups in total. The number of aromatic nitrogens is 2. The zero-order valence-corrected chi connectivity index (χ0v) is 12.1. The Kier molecular flexibility index (Phi) is 2.41. The van der Waals surface area contributed by atoms with Crippen LogP contribution in [0, 0.1) is 23.7 Å². The molecule has 3 nitrogen and oxygen atoms in total. The predicted octanol–water partition coefficient (Wildman–Crippen LogP) is 3.29. The molecule has 0 spiro atoms. The van der Waals surface area contributed by atoms with Crippen molar-refractivity contribution >= 4 is 0 Å². The molecule has 108 valence electrons. The quantitative estimate of drug-likeness (QED) is 0.823.